The van der Waals surface area contributed by atoms with Gasteiger partial charge in [0.05, 0.1) is 0 Å². The van der Waals surface area contributed by atoms with Crippen LogP contribution in [-0.2, 0) is 32.0 Å². The van der Waals surface area contributed by atoms with E-state index in [0.29, 0.717) is 28.7 Å². The Labute approximate surface area is 405 Å². The van der Waals surface area contributed by atoms with Crippen LogP contribution in [0.3, 0.4) is 0 Å². The Balaban J connectivity index is 0.000000172. The van der Waals surface area contributed by atoms with Crippen molar-refractivity contribution >= 4 is 23.1 Å². The van der Waals surface area contributed by atoms with E-state index in [1.807, 2.05) is 97.9 Å². The van der Waals surface area contributed by atoms with Crippen LogP contribution in [0.5, 0.6) is 5.75 Å². The molecule has 0 heterocycles. The van der Waals surface area contributed by atoms with Gasteiger partial charge in [0.2, 0.25) is 0 Å². The quantitative estimate of drug-likeness (QED) is 0.132. The predicted octanol–water partition coefficient (Wildman–Crippen LogP) is 15.0. The van der Waals surface area contributed by atoms with Crippen LogP contribution in [0.2, 0.25) is 0 Å². The van der Waals surface area contributed by atoms with Crippen LogP contribution in [0.1, 0.15) is 75.6 Å². The lowest BCUT2D eigenvalue weighted by Gasteiger charge is -2.10. The molecule has 0 spiro atoms. The second-order valence-electron chi connectivity index (χ2n) is 16.9. The van der Waals surface area contributed by atoms with Crippen molar-refractivity contribution in [3.05, 3.63) is 234 Å². The monoisotopic (exact) mass is 920 g/mol. The maximum atomic E-state index is 14.1. The van der Waals surface area contributed by atoms with E-state index < -0.39 is 0 Å². The Morgan fingerprint density at radius 1 is 0.391 bits per heavy atom. The summed E-state index contributed by atoms with van der Waals surface area (Å²) < 4.78 is 28.0. The lowest BCUT2D eigenvalue weighted by molar-refractivity contribution is -0.118. The smallest absolute Gasteiger partial charge is 0.136 e. The fourth-order valence-electron chi connectivity index (χ4n) is 7.28. The van der Waals surface area contributed by atoms with Crippen molar-refractivity contribution < 1.29 is 33.1 Å². The molecule has 350 valence electrons. The summed E-state index contributed by atoms with van der Waals surface area (Å²) in [6.07, 6.45) is 0.807. The van der Waals surface area contributed by atoms with Gasteiger partial charge in [0.15, 0.2) is 0 Å². The molecule has 0 aromatic heterocycles. The molecule has 0 bridgehead atoms. The van der Waals surface area contributed by atoms with Gasteiger partial charge < -0.3 is 5.11 Å². The summed E-state index contributed by atoms with van der Waals surface area (Å²) in [6.45, 7) is 9.96. The minimum Gasteiger partial charge on any atom is -0.508 e. The van der Waals surface area contributed by atoms with E-state index in [1.165, 1.54) is 60.4 Å². The van der Waals surface area contributed by atoms with Gasteiger partial charge in [0.25, 0.3) is 0 Å². The zero-order chi connectivity index (χ0) is 49.9. The molecule has 0 amide bonds. The summed E-state index contributed by atoms with van der Waals surface area (Å²) in [7, 11) is 0. The number of carbonyl (C=O) groups excluding carboxylic acids is 4. The van der Waals surface area contributed by atoms with Crippen LogP contribution in [0.4, 0.5) is 8.78 Å². The molecule has 1 N–H and O–H groups in total. The number of ketones is 4. The first-order valence-corrected chi connectivity index (χ1v) is 22.8. The van der Waals surface area contributed by atoms with E-state index in [2.05, 4.69) is 48.5 Å². The summed E-state index contributed by atoms with van der Waals surface area (Å²) >= 11 is 0. The van der Waals surface area contributed by atoms with Gasteiger partial charge in [0, 0.05) is 35.8 Å². The Morgan fingerprint density at radius 3 is 1.16 bits per heavy atom. The Hall–Kier alpha value is -7.90. The highest BCUT2D eigenvalue weighted by Crippen LogP contribution is 2.29. The summed E-state index contributed by atoms with van der Waals surface area (Å²) in [5, 5.41) is 9.22. The third kappa shape index (κ3) is 16.1. The van der Waals surface area contributed by atoms with E-state index >= 15 is 0 Å². The number of hydrogen-bond acceptors (Lipinski definition) is 5. The average molecular weight is 921 g/mol. The molecule has 5 nitrogen and oxygen atoms in total. The standard InChI is InChI=1S/C16H15FO2.C16H16O.C15H13FO.C15H14O/c1-10(11(2)18)13-5-8-15(16(17)9-13)12-3-6-14(19)7-4-12;1-12(13(2)17)14-8-10-16(11-9-14)15-6-4-3-5-7-15;1-11(17)9-12-7-8-14(15(16)10-12)13-5-3-2-4-6-13;1-12(16)11-13-7-9-15(10-8-13)14-5-3-2-4-6-14/h3-10,19H,1-2H3;3-12H,1-2H3;2-8,10H,9H2,1H3;2-10H,11H2,1H3/t;12-;;/m.1../s1. The summed E-state index contributed by atoms with van der Waals surface area (Å²) in [6, 6.07) is 62.3. The highest BCUT2D eigenvalue weighted by molar-refractivity contribution is 5.84. The van der Waals surface area contributed by atoms with Gasteiger partial charge in [-0.05, 0) is 108 Å². The highest BCUT2D eigenvalue weighted by atomic mass is 19.1. The van der Waals surface area contributed by atoms with Gasteiger partial charge in [0.1, 0.15) is 40.5 Å². The maximum absolute atomic E-state index is 14.1. The molecule has 1 unspecified atom stereocenters. The van der Waals surface area contributed by atoms with Crippen LogP contribution < -0.4 is 0 Å². The molecule has 0 saturated carbocycles. The zero-order valence-electron chi connectivity index (χ0n) is 40.0. The highest BCUT2D eigenvalue weighted by Gasteiger charge is 2.14. The van der Waals surface area contributed by atoms with Gasteiger partial charge >= 0.3 is 0 Å². The first kappa shape index (κ1) is 52.1. The number of benzene rings is 8. The lowest BCUT2D eigenvalue weighted by Crippen LogP contribution is -2.04. The summed E-state index contributed by atoms with van der Waals surface area (Å²) in [5.41, 5.74) is 10.9. The van der Waals surface area contributed by atoms with Gasteiger partial charge in [-0.3, -0.25) is 19.2 Å². The van der Waals surface area contributed by atoms with Gasteiger partial charge in [-0.25, -0.2) is 8.78 Å². The average Bonchev–Trinajstić information content (AvgIpc) is 3.35. The summed E-state index contributed by atoms with van der Waals surface area (Å²) in [4.78, 5) is 44.5. The minimum atomic E-state index is -0.365. The predicted molar refractivity (Wildman–Crippen MR) is 276 cm³/mol. The van der Waals surface area contributed by atoms with Crippen LogP contribution in [0.25, 0.3) is 44.5 Å². The van der Waals surface area contributed by atoms with Gasteiger partial charge in [-0.1, -0.05) is 190 Å². The van der Waals surface area contributed by atoms with E-state index in [4.69, 9.17) is 0 Å². The number of halogens is 2. The molecule has 0 aliphatic heterocycles. The SMILES string of the molecule is CC(=O)C(C)c1ccc(-c2ccc(O)cc2)c(F)c1.CC(=O)Cc1ccc(-c2ccccc2)c(F)c1.CC(=O)Cc1ccc(-c2ccccc2)cc1.CC(=O)[C@@H](C)c1ccc(-c2ccccc2)cc1. The third-order valence-corrected chi connectivity index (χ3v) is 11.5. The molecule has 2 atom stereocenters. The molecular weight excluding hydrogens is 863 g/mol. The number of rotatable bonds is 12. The molecule has 0 aliphatic carbocycles. The van der Waals surface area contributed by atoms with E-state index in [0.717, 1.165) is 22.3 Å². The third-order valence-electron chi connectivity index (χ3n) is 11.5. The van der Waals surface area contributed by atoms with Crippen molar-refractivity contribution in [3.63, 3.8) is 0 Å². The fourth-order valence-corrected chi connectivity index (χ4v) is 7.28. The maximum Gasteiger partial charge on any atom is 0.136 e. The Kier molecular flexibility index (Phi) is 19.5. The number of carbonyl (C=O) groups is 4. The van der Waals surface area contributed by atoms with Crippen molar-refractivity contribution in [2.24, 2.45) is 0 Å². The first-order valence-electron chi connectivity index (χ1n) is 22.8. The Bertz CT molecular complexity index is 2910. The van der Waals surface area contributed by atoms with Crippen molar-refractivity contribution in [2.75, 3.05) is 0 Å². The van der Waals surface area contributed by atoms with Crippen molar-refractivity contribution in [3.8, 4) is 50.3 Å². The van der Waals surface area contributed by atoms with Crippen molar-refractivity contribution in [1.29, 1.82) is 0 Å². The molecule has 0 saturated heterocycles. The molecule has 8 aromatic carbocycles. The molecule has 8 rings (SSSR count). The number of phenols is 1. The van der Waals surface area contributed by atoms with Crippen LogP contribution in [-0.4, -0.2) is 28.2 Å². The van der Waals surface area contributed by atoms with E-state index in [-0.39, 0.29) is 58.8 Å². The van der Waals surface area contributed by atoms with Crippen LogP contribution in [0.15, 0.2) is 200 Å². The fraction of sp³-hybridized carbons (Fsp3) is 0.161. The largest absolute Gasteiger partial charge is 0.508 e. The van der Waals surface area contributed by atoms with Gasteiger partial charge in [-0.15, -0.1) is 0 Å². The number of phenolic OH excluding ortho intramolecular Hbond substituents is 1. The number of aromatic hydroxyl groups is 1. The molecule has 69 heavy (non-hydrogen) atoms. The van der Waals surface area contributed by atoms with Crippen LogP contribution in [0, 0.1) is 11.6 Å². The van der Waals surface area contributed by atoms with Crippen molar-refractivity contribution in [2.45, 2.75) is 66.2 Å². The Morgan fingerprint density at radius 2 is 0.725 bits per heavy atom. The lowest BCUT2D eigenvalue weighted by atomic mass is 9.94. The van der Waals surface area contributed by atoms with Crippen LogP contribution >= 0.6 is 0 Å². The zero-order valence-corrected chi connectivity index (χ0v) is 40.0. The second kappa shape index (κ2) is 25.9. The second-order valence-corrected chi connectivity index (χ2v) is 16.9. The molecular formula is C62H58F2O5. The molecule has 0 fully saturated rings. The van der Waals surface area contributed by atoms with Crippen molar-refractivity contribution in [1.82, 2.24) is 0 Å². The number of Topliss-reactive ketones (excluding diaryl/α,β-unsaturated/α-hetero) is 4. The van der Waals surface area contributed by atoms with Gasteiger partial charge in [-0.2, -0.15) is 0 Å². The topological polar surface area (TPSA) is 88.5 Å². The molecule has 0 radical (unpaired) electrons. The summed E-state index contributed by atoms with van der Waals surface area (Å²) in [5.74, 6) is -0.362. The van der Waals surface area contributed by atoms with E-state index in [9.17, 15) is 33.1 Å². The molecule has 0 aliphatic rings. The normalized spacial score (nSPS) is 11.2. The minimum absolute atomic E-state index is 0.0109. The van der Waals surface area contributed by atoms with E-state index in [1.54, 1.807) is 57.2 Å². The first-order chi connectivity index (χ1) is 33.1. The molecule has 8 aromatic rings. The molecule has 7 heteroatoms. The number of hydrogen-bond donors (Lipinski definition) is 1.